The summed E-state index contributed by atoms with van der Waals surface area (Å²) in [5.74, 6) is 0. The molecule has 0 saturated carbocycles. The van der Waals surface area contributed by atoms with E-state index in [1.165, 1.54) is 13.7 Å². The van der Waals surface area contributed by atoms with Crippen LogP contribution in [-0.2, 0) is 19.6 Å². The highest BCUT2D eigenvalue weighted by Gasteiger charge is 2.16. The third-order valence-corrected chi connectivity index (χ3v) is 6.54. The molecule has 6 nitrogen and oxygen atoms in total. The van der Waals surface area contributed by atoms with Gasteiger partial charge in [-0.2, -0.15) is 0 Å². The van der Waals surface area contributed by atoms with Gasteiger partial charge < -0.3 is 0 Å². The topological polar surface area (TPSA) is 66.0 Å². The van der Waals surface area contributed by atoms with Crippen LogP contribution in [0.3, 0.4) is 0 Å². The Morgan fingerprint density at radius 3 is 0.926 bits per heavy atom. The Labute approximate surface area is 208 Å². The molecule has 0 spiro atoms. The van der Waals surface area contributed by atoms with Crippen molar-refractivity contribution < 1.29 is 0 Å². The maximum Gasteiger partial charge on any atom is 0.336 e. The van der Waals surface area contributed by atoms with Crippen molar-refractivity contribution in [1.29, 1.82) is 0 Å². The largest absolute Gasteiger partial charge is 0.336 e. The maximum absolute atomic E-state index is 12.7. The molecular formula is C15H21Br6N3O3. The fourth-order valence-electron chi connectivity index (χ4n) is 2.47. The molecule has 0 unspecified atom stereocenters. The summed E-state index contributed by atoms with van der Waals surface area (Å²) in [7, 11) is 0. The van der Waals surface area contributed by atoms with Gasteiger partial charge in [-0.1, -0.05) is 95.6 Å². The SMILES string of the molecule is O=c1n(CCCC(Br)Br)c(=O)n(CCCC(Br)Br)c(=O)n1CCCC(Br)Br. The molecule has 1 heterocycles. The van der Waals surface area contributed by atoms with Gasteiger partial charge in [-0.15, -0.1) is 0 Å². The summed E-state index contributed by atoms with van der Waals surface area (Å²) in [5.41, 5.74) is -1.58. The van der Waals surface area contributed by atoms with E-state index in [9.17, 15) is 14.4 Å². The molecule has 0 aromatic carbocycles. The van der Waals surface area contributed by atoms with Crippen molar-refractivity contribution in [3.63, 3.8) is 0 Å². The van der Waals surface area contributed by atoms with Crippen LogP contribution in [0.25, 0.3) is 0 Å². The first-order valence-corrected chi connectivity index (χ1v) is 13.9. The Balaban J connectivity index is 3.20. The quantitative estimate of drug-likeness (QED) is 0.286. The molecule has 156 valence electrons. The minimum Gasteiger partial charge on any atom is -0.247 e. The van der Waals surface area contributed by atoms with Gasteiger partial charge in [0.1, 0.15) is 0 Å². The lowest BCUT2D eigenvalue weighted by molar-refractivity contribution is 0.423. The van der Waals surface area contributed by atoms with E-state index in [-0.39, 0.29) is 30.8 Å². The number of halogens is 6. The molecule has 12 heteroatoms. The molecule has 0 amide bonds. The molecule has 0 N–H and O–H groups in total. The fourth-order valence-corrected chi connectivity index (χ4v) is 4.41. The molecule has 1 aromatic heterocycles. The summed E-state index contributed by atoms with van der Waals surface area (Å²) in [4.78, 5) is 38.2. The zero-order chi connectivity index (χ0) is 20.6. The summed E-state index contributed by atoms with van der Waals surface area (Å²) >= 11 is 20.4. The molecule has 0 fully saturated rings. The number of hydrogen-bond acceptors (Lipinski definition) is 3. The van der Waals surface area contributed by atoms with E-state index in [4.69, 9.17) is 0 Å². The highest BCUT2D eigenvalue weighted by molar-refractivity contribution is 9.25. The van der Waals surface area contributed by atoms with Crippen molar-refractivity contribution in [2.45, 2.75) is 69.4 Å². The van der Waals surface area contributed by atoms with Crippen molar-refractivity contribution in [2.24, 2.45) is 0 Å². The van der Waals surface area contributed by atoms with E-state index in [2.05, 4.69) is 95.6 Å². The van der Waals surface area contributed by atoms with Gasteiger partial charge in [0, 0.05) is 19.6 Å². The Hall–Kier alpha value is 1.29. The van der Waals surface area contributed by atoms with Crippen LogP contribution in [0.5, 0.6) is 0 Å². The smallest absolute Gasteiger partial charge is 0.247 e. The zero-order valence-corrected chi connectivity index (χ0v) is 23.9. The lowest BCUT2D eigenvalue weighted by Gasteiger charge is -2.14. The maximum atomic E-state index is 12.7. The summed E-state index contributed by atoms with van der Waals surface area (Å²) in [6.45, 7) is 0.847. The van der Waals surface area contributed by atoms with Gasteiger partial charge in [-0.05, 0) is 38.5 Å². The van der Waals surface area contributed by atoms with Crippen LogP contribution in [0.1, 0.15) is 38.5 Å². The molecule has 0 aliphatic rings. The van der Waals surface area contributed by atoms with Crippen LogP contribution in [0.4, 0.5) is 0 Å². The van der Waals surface area contributed by atoms with Crippen molar-refractivity contribution in [3.05, 3.63) is 31.5 Å². The second-order valence-electron chi connectivity index (χ2n) is 5.90. The van der Waals surface area contributed by atoms with Crippen molar-refractivity contribution in [2.75, 3.05) is 0 Å². The van der Waals surface area contributed by atoms with E-state index in [0.29, 0.717) is 19.3 Å². The predicted octanol–water partition coefficient (Wildman–Crippen LogP) is 4.86. The van der Waals surface area contributed by atoms with Crippen molar-refractivity contribution in [1.82, 2.24) is 13.7 Å². The van der Waals surface area contributed by atoms with Gasteiger partial charge in [0.25, 0.3) is 0 Å². The number of alkyl halides is 6. The summed E-state index contributed by atoms with van der Waals surface area (Å²) in [6, 6.07) is 0. The van der Waals surface area contributed by atoms with E-state index < -0.39 is 17.1 Å². The molecule has 0 saturated heterocycles. The molecular weight excluding hydrogens is 750 g/mol. The standard InChI is InChI=1S/C15H21Br6N3O3/c16-10(17)4-1-7-22-13(25)23(8-2-5-11(18)19)15(27)24(14(22)26)9-3-6-12(20)21/h10-12H,1-9H2. The van der Waals surface area contributed by atoms with E-state index in [1.807, 2.05) is 0 Å². The highest BCUT2D eigenvalue weighted by atomic mass is 79.9. The van der Waals surface area contributed by atoms with Crippen molar-refractivity contribution in [3.8, 4) is 0 Å². The third-order valence-electron chi connectivity index (χ3n) is 3.80. The third kappa shape index (κ3) is 9.31. The van der Waals surface area contributed by atoms with Crippen LogP contribution in [0, 0.1) is 0 Å². The van der Waals surface area contributed by atoms with Crippen LogP contribution < -0.4 is 17.1 Å². The number of nitrogens with zero attached hydrogens (tertiary/aromatic N) is 3. The van der Waals surface area contributed by atoms with E-state index >= 15 is 0 Å². The average molecular weight is 771 g/mol. The Morgan fingerprint density at radius 2 is 0.741 bits per heavy atom. The fraction of sp³-hybridized carbons (Fsp3) is 0.800. The summed E-state index contributed by atoms with van der Waals surface area (Å²) in [5, 5.41) is 0. The summed E-state index contributed by atoms with van der Waals surface area (Å²) < 4.78 is 3.92. The minimum absolute atomic E-state index is 0.124. The molecule has 0 bridgehead atoms. The first-order valence-electron chi connectivity index (χ1n) is 8.44. The first kappa shape index (κ1) is 26.3. The van der Waals surface area contributed by atoms with Gasteiger partial charge >= 0.3 is 17.1 Å². The predicted molar refractivity (Wildman–Crippen MR) is 132 cm³/mol. The van der Waals surface area contributed by atoms with Gasteiger partial charge in [0.2, 0.25) is 0 Å². The number of hydrogen-bond donors (Lipinski definition) is 0. The van der Waals surface area contributed by atoms with Crippen LogP contribution >= 0.6 is 95.6 Å². The van der Waals surface area contributed by atoms with Crippen LogP contribution in [0.2, 0.25) is 0 Å². The van der Waals surface area contributed by atoms with Gasteiger partial charge in [-0.25, -0.2) is 28.1 Å². The lowest BCUT2D eigenvalue weighted by Crippen LogP contribution is -2.54. The Kier molecular flexibility index (Phi) is 13.2. The van der Waals surface area contributed by atoms with Gasteiger partial charge in [-0.3, -0.25) is 0 Å². The molecule has 0 radical (unpaired) electrons. The van der Waals surface area contributed by atoms with Gasteiger partial charge in [0.15, 0.2) is 0 Å². The Morgan fingerprint density at radius 1 is 0.519 bits per heavy atom. The number of rotatable bonds is 12. The molecule has 1 rings (SSSR count). The normalized spacial score (nSPS) is 11.9. The second-order valence-corrected chi connectivity index (χ2v) is 16.2. The lowest BCUT2D eigenvalue weighted by atomic mass is 10.3. The average Bonchev–Trinajstić information content (AvgIpc) is 2.56. The van der Waals surface area contributed by atoms with Gasteiger partial charge in [0.05, 0.1) is 11.2 Å². The number of aromatic nitrogens is 3. The molecule has 0 aliphatic carbocycles. The summed E-state index contributed by atoms with van der Waals surface area (Å²) in [6.07, 6.45) is 4.21. The van der Waals surface area contributed by atoms with E-state index in [1.54, 1.807) is 0 Å². The second kappa shape index (κ2) is 13.6. The monoisotopic (exact) mass is 765 g/mol. The molecule has 0 aliphatic heterocycles. The first-order chi connectivity index (χ1) is 12.6. The van der Waals surface area contributed by atoms with Crippen LogP contribution in [0.15, 0.2) is 14.4 Å². The molecule has 0 atom stereocenters. The van der Waals surface area contributed by atoms with Crippen molar-refractivity contribution >= 4 is 95.6 Å². The van der Waals surface area contributed by atoms with Crippen LogP contribution in [-0.4, -0.2) is 24.9 Å². The molecule has 1 aromatic rings. The zero-order valence-electron chi connectivity index (χ0n) is 14.4. The Bertz CT molecular complexity index is 626. The molecule has 27 heavy (non-hydrogen) atoms. The van der Waals surface area contributed by atoms with E-state index in [0.717, 1.165) is 19.3 Å². The highest BCUT2D eigenvalue weighted by Crippen LogP contribution is 2.16. The minimum atomic E-state index is -0.526.